The predicted molar refractivity (Wildman–Crippen MR) is 120 cm³/mol. The molecule has 3 aliphatic rings. The van der Waals surface area contributed by atoms with Crippen LogP contribution in [0, 0.1) is 0 Å². The lowest BCUT2D eigenvalue weighted by atomic mass is 9.88. The Labute approximate surface area is 181 Å². The van der Waals surface area contributed by atoms with E-state index in [0.717, 1.165) is 18.5 Å². The number of amides is 1. The minimum atomic E-state index is -0.326. The number of fused-ring (bicyclic) bond motifs is 2. The van der Waals surface area contributed by atoms with E-state index >= 15 is 0 Å². The zero-order chi connectivity index (χ0) is 22.3. The van der Waals surface area contributed by atoms with Gasteiger partial charge in [0.25, 0.3) is 5.91 Å². The number of ketones is 1. The second kappa shape index (κ2) is 8.17. The molecule has 0 aromatic heterocycles. The largest absolute Gasteiger partial charge is 0.507 e. The van der Waals surface area contributed by atoms with Gasteiger partial charge in [0.15, 0.2) is 5.78 Å². The summed E-state index contributed by atoms with van der Waals surface area (Å²) in [5.41, 5.74) is 3.73. The summed E-state index contributed by atoms with van der Waals surface area (Å²) in [6.45, 7) is 1.50. The van der Waals surface area contributed by atoms with Crippen molar-refractivity contribution in [3.05, 3.63) is 57.3 Å². The number of hydrogen-bond acceptors (Lipinski definition) is 6. The lowest BCUT2D eigenvalue weighted by Gasteiger charge is -2.15. The molecule has 1 aromatic rings. The van der Waals surface area contributed by atoms with E-state index in [0.29, 0.717) is 51.5 Å². The number of nitrogens with zero attached hydrogens (tertiary/aromatic N) is 4. The quantitative estimate of drug-likeness (QED) is 0.709. The molecule has 0 saturated heterocycles. The van der Waals surface area contributed by atoms with E-state index in [1.807, 2.05) is 39.2 Å². The van der Waals surface area contributed by atoms with Crippen molar-refractivity contribution in [2.45, 2.75) is 12.8 Å². The number of carbonyl (C=O) groups is 2. The summed E-state index contributed by atoms with van der Waals surface area (Å²) in [6, 6.07) is 3.27. The Balaban J connectivity index is 1.73. The molecular formula is C24H26N4O3. The SMILES string of the molecule is CN(C)CCC1=C2C(=O)C(c3cc(O)c4c(c3)=NC(=O)C=4CCN(C)C)=CC=C2N=C1. The van der Waals surface area contributed by atoms with Crippen molar-refractivity contribution in [3.63, 3.8) is 0 Å². The average molecular weight is 418 g/mol. The van der Waals surface area contributed by atoms with Gasteiger partial charge < -0.3 is 14.9 Å². The molecule has 2 aliphatic heterocycles. The van der Waals surface area contributed by atoms with Gasteiger partial charge in [-0.05, 0) is 76.5 Å². The number of aromatic hydroxyl groups is 1. The third-order valence-electron chi connectivity index (χ3n) is 5.64. The summed E-state index contributed by atoms with van der Waals surface area (Å²) < 4.78 is 0. The molecule has 7 nitrogen and oxygen atoms in total. The summed E-state index contributed by atoms with van der Waals surface area (Å²) in [5, 5.41) is 11.6. The van der Waals surface area contributed by atoms with E-state index < -0.39 is 0 Å². The Hall–Kier alpha value is -3.16. The van der Waals surface area contributed by atoms with E-state index in [2.05, 4.69) is 14.9 Å². The molecule has 1 aromatic carbocycles. The molecule has 2 heterocycles. The van der Waals surface area contributed by atoms with E-state index in [4.69, 9.17) is 0 Å². The maximum absolute atomic E-state index is 13.3. The van der Waals surface area contributed by atoms with Gasteiger partial charge in [-0.2, -0.15) is 0 Å². The van der Waals surface area contributed by atoms with Crippen molar-refractivity contribution in [1.29, 1.82) is 0 Å². The molecule has 0 unspecified atom stereocenters. The highest BCUT2D eigenvalue weighted by Crippen LogP contribution is 2.34. The molecular weight excluding hydrogens is 392 g/mol. The number of phenolic OH excluding ortho intramolecular Hbond substituents is 1. The third kappa shape index (κ3) is 3.94. The molecule has 4 rings (SSSR count). The van der Waals surface area contributed by atoms with Crippen molar-refractivity contribution in [2.75, 3.05) is 41.3 Å². The van der Waals surface area contributed by atoms with Crippen LogP contribution in [0.25, 0.3) is 11.1 Å². The van der Waals surface area contributed by atoms with Gasteiger partial charge in [-0.1, -0.05) is 0 Å². The van der Waals surface area contributed by atoms with Gasteiger partial charge >= 0.3 is 0 Å². The first-order valence-electron chi connectivity index (χ1n) is 10.3. The van der Waals surface area contributed by atoms with Gasteiger partial charge in [-0.3, -0.25) is 14.6 Å². The summed E-state index contributed by atoms with van der Waals surface area (Å²) in [6.07, 6.45) is 6.54. The predicted octanol–water partition coefficient (Wildman–Crippen LogP) is 0.837. The zero-order valence-corrected chi connectivity index (χ0v) is 18.3. The Morgan fingerprint density at radius 2 is 1.68 bits per heavy atom. The van der Waals surface area contributed by atoms with Crippen LogP contribution in [-0.4, -0.2) is 74.1 Å². The van der Waals surface area contributed by atoms with Crippen LogP contribution in [0.4, 0.5) is 0 Å². The molecule has 7 heteroatoms. The highest BCUT2D eigenvalue weighted by Gasteiger charge is 2.29. The number of aliphatic imine (C=N–C) groups is 1. The van der Waals surface area contributed by atoms with Crippen LogP contribution in [0.15, 0.2) is 51.1 Å². The molecule has 1 N–H and O–H groups in total. The summed E-state index contributed by atoms with van der Waals surface area (Å²) in [4.78, 5) is 38.3. The van der Waals surface area contributed by atoms with Crippen LogP contribution >= 0.6 is 0 Å². The Bertz CT molecular complexity index is 1230. The Kier molecular flexibility index (Phi) is 5.56. The molecule has 1 aliphatic carbocycles. The topological polar surface area (TPSA) is 85.6 Å². The normalized spacial score (nSPS) is 17.4. The first kappa shape index (κ1) is 21.1. The van der Waals surface area contributed by atoms with Gasteiger partial charge in [-0.15, -0.1) is 0 Å². The monoisotopic (exact) mass is 418 g/mol. The van der Waals surface area contributed by atoms with Crippen LogP contribution in [0.3, 0.4) is 0 Å². The highest BCUT2D eigenvalue weighted by molar-refractivity contribution is 6.33. The second-order valence-corrected chi connectivity index (χ2v) is 8.51. The fraction of sp³-hybridized carbons (Fsp3) is 0.333. The highest BCUT2D eigenvalue weighted by atomic mass is 16.3. The van der Waals surface area contributed by atoms with Crippen molar-refractivity contribution >= 4 is 29.1 Å². The number of phenols is 1. The van der Waals surface area contributed by atoms with Gasteiger partial charge in [-0.25, -0.2) is 4.99 Å². The van der Waals surface area contributed by atoms with Crippen LogP contribution < -0.4 is 10.6 Å². The fourth-order valence-electron chi connectivity index (χ4n) is 3.98. The lowest BCUT2D eigenvalue weighted by molar-refractivity contribution is -0.113. The Morgan fingerprint density at radius 1 is 0.968 bits per heavy atom. The molecule has 1 amide bonds. The number of allylic oxidation sites excluding steroid dienone is 4. The first-order valence-corrected chi connectivity index (χ1v) is 10.3. The summed E-state index contributed by atoms with van der Waals surface area (Å²) in [5.74, 6) is -0.471. The molecule has 0 atom stereocenters. The molecule has 31 heavy (non-hydrogen) atoms. The second-order valence-electron chi connectivity index (χ2n) is 8.51. The van der Waals surface area contributed by atoms with Crippen LogP contribution in [0.5, 0.6) is 5.75 Å². The van der Waals surface area contributed by atoms with Gasteiger partial charge in [0.1, 0.15) is 5.75 Å². The number of rotatable bonds is 7. The van der Waals surface area contributed by atoms with Gasteiger partial charge in [0.2, 0.25) is 0 Å². The Morgan fingerprint density at radius 3 is 2.39 bits per heavy atom. The number of hydrogen-bond donors (Lipinski definition) is 1. The van der Waals surface area contributed by atoms with Crippen molar-refractivity contribution in [1.82, 2.24) is 9.80 Å². The minimum Gasteiger partial charge on any atom is -0.507 e. The van der Waals surface area contributed by atoms with Crippen LogP contribution in [-0.2, 0) is 9.59 Å². The molecule has 0 fully saturated rings. The molecule has 0 bridgehead atoms. The first-order chi connectivity index (χ1) is 14.8. The van der Waals surface area contributed by atoms with Gasteiger partial charge in [0.05, 0.1) is 21.8 Å². The smallest absolute Gasteiger partial charge is 0.274 e. The summed E-state index contributed by atoms with van der Waals surface area (Å²) in [7, 11) is 7.84. The van der Waals surface area contributed by atoms with E-state index in [1.165, 1.54) is 0 Å². The lowest BCUT2D eigenvalue weighted by Crippen LogP contribution is -2.26. The maximum atomic E-state index is 13.3. The third-order valence-corrected chi connectivity index (χ3v) is 5.64. The molecule has 0 saturated carbocycles. The number of carbonyl (C=O) groups excluding carboxylic acids is 2. The van der Waals surface area contributed by atoms with E-state index in [1.54, 1.807) is 24.4 Å². The maximum Gasteiger partial charge on any atom is 0.274 e. The number of benzene rings is 1. The zero-order valence-electron chi connectivity index (χ0n) is 18.3. The fourth-order valence-corrected chi connectivity index (χ4v) is 3.98. The number of Topliss-reactive ketones (excluding diaryl/α,β-unsaturated/α-hetero) is 1. The summed E-state index contributed by atoms with van der Waals surface area (Å²) >= 11 is 0. The standard InChI is InChI=1S/C24H26N4O3/c1-27(2)9-7-14-13-25-18-6-5-16(23(30)21(14)18)15-11-19-22(20(29)12-15)17(24(31)26-19)8-10-28(3)4/h5-6,11-13,29H,7-10H2,1-4H3. The molecule has 160 valence electrons. The molecule has 0 radical (unpaired) electrons. The van der Waals surface area contributed by atoms with Crippen LogP contribution in [0.2, 0.25) is 0 Å². The minimum absolute atomic E-state index is 0.0242. The van der Waals surface area contributed by atoms with E-state index in [-0.39, 0.29) is 17.4 Å². The van der Waals surface area contributed by atoms with Crippen molar-refractivity contribution < 1.29 is 14.7 Å². The van der Waals surface area contributed by atoms with E-state index in [9.17, 15) is 14.7 Å². The van der Waals surface area contributed by atoms with Crippen molar-refractivity contribution in [3.8, 4) is 5.75 Å². The van der Waals surface area contributed by atoms with Crippen LogP contribution in [0.1, 0.15) is 18.4 Å². The average Bonchev–Trinajstić information content (AvgIpc) is 3.25. The van der Waals surface area contributed by atoms with Crippen molar-refractivity contribution in [2.24, 2.45) is 9.98 Å². The molecule has 0 spiro atoms. The van der Waals surface area contributed by atoms with Gasteiger partial charge in [0, 0.05) is 30.5 Å².